The van der Waals surface area contributed by atoms with E-state index in [2.05, 4.69) is 9.97 Å². The molecule has 1 amide bonds. The smallest absolute Gasteiger partial charge is 0.252 e. The monoisotopic (exact) mass is 230 g/mol. The van der Waals surface area contributed by atoms with Crippen LogP contribution in [0.25, 0.3) is 5.82 Å². The van der Waals surface area contributed by atoms with Crippen LogP contribution < -0.4 is 5.73 Å². The van der Waals surface area contributed by atoms with E-state index in [9.17, 15) is 4.79 Å². The molecule has 0 atom stereocenters. The van der Waals surface area contributed by atoms with Gasteiger partial charge in [0.2, 0.25) is 0 Å². The van der Waals surface area contributed by atoms with Gasteiger partial charge in [0.05, 0.1) is 5.56 Å². The van der Waals surface area contributed by atoms with E-state index >= 15 is 0 Å². The lowest BCUT2D eigenvalue weighted by molar-refractivity contribution is 0.0999. The summed E-state index contributed by atoms with van der Waals surface area (Å²) in [6, 6.07) is 1.84. The van der Waals surface area contributed by atoms with Gasteiger partial charge < -0.3 is 5.73 Å². The second-order valence-corrected chi connectivity index (χ2v) is 3.99. The Kier molecular flexibility index (Phi) is 2.67. The molecule has 0 aliphatic carbocycles. The lowest BCUT2D eigenvalue weighted by Crippen LogP contribution is -2.18. The number of hydrogen-bond acceptors (Lipinski definition) is 3. The van der Waals surface area contributed by atoms with Crippen LogP contribution in [0, 0.1) is 20.8 Å². The van der Waals surface area contributed by atoms with Crippen molar-refractivity contribution in [2.24, 2.45) is 5.73 Å². The van der Waals surface area contributed by atoms with Crippen molar-refractivity contribution >= 4 is 5.91 Å². The van der Waals surface area contributed by atoms with Crippen LogP contribution in [0.5, 0.6) is 0 Å². The van der Waals surface area contributed by atoms with Crippen molar-refractivity contribution in [2.75, 3.05) is 0 Å². The maximum Gasteiger partial charge on any atom is 0.252 e. The van der Waals surface area contributed by atoms with E-state index < -0.39 is 5.91 Å². The zero-order valence-electron chi connectivity index (χ0n) is 10.1. The minimum atomic E-state index is -0.474. The molecule has 88 valence electrons. The van der Waals surface area contributed by atoms with Crippen molar-refractivity contribution in [1.82, 2.24) is 14.5 Å². The molecule has 2 aromatic rings. The predicted octanol–water partition coefficient (Wildman–Crippen LogP) is 1.29. The van der Waals surface area contributed by atoms with Crippen molar-refractivity contribution in [3.8, 4) is 5.82 Å². The van der Waals surface area contributed by atoms with Gasteiger partial charge in [0.15, 0.2) is 5.82 Å². The minimum absolute atomic E-state index is 0.441. The third-order valence-electron chi connectivity index (χ3n) is 2.63. The normalized spacial score (nSPS) is 10.5. The van der Waals surface area contributed by atoms with Crippen molar-refractivity contribution in [2.45, 2.75) is 20.8 Å². The van der Waals surface area contributed by atoms with E-state index in [-0.39, 0.29) is 0 Å². The van der Waals surface area contributed by atoms with Crippen LogP contribution in [0.15, 0.2) is 18.5 Å². The number of aromatic nitrogens is 3. The van der Waals surface area contributed by atoms with Crippen molar-refractivity contribution in [3.63, 3.8) is 0 Å². The number of amides is 1. The molecule has 2 heterocycles. The quantitative estimate of drug-likeness (QED) is 0.844. The Morgan fingerprint density at radius 3 is 2.59 bits per heavy atom. The molecule has 0 aliphatic rings. The van der Waals surface area contributed by atoms with Crippen LogP contribution in [0.3, 0.4) is 0 Å². The molecule has 0 saturated carbocycles. The number of primary amides is 1. The molecular weight excluding hydrogens is 216 g/mol. The van der Waals surface area contributed by atoms with Crippen molar-refractivity contribution in [1.29, 1.82) is 0 Å². The number of nitrogens with two attached hydrogens (primary N) is 1. The zero-order chi connectivity index (χ0) is 12.6. The van der Waals surface area contributed by atoms with Gasteiger partial charge in [-0.3, -0.25) is 9.36 Å². The van der Waals surface area contributed by atoms with Crippen molar-refractivity contribution < 1.29 is 4.79 Å². The number of nitrogens with zero attached hydrogens (tertiary/aromatic N) is 3. The highest BCUT2D eigenvalue weighted by molar-refractivity contribution is 5.97. The Hall–Kier alpha value is -2.17. The molecule has 17 heavy (non-hydrogen) atoms. The third-order valence-corrected chi connectivity index (χ3v) is 2.63. The average Bonchev–Trinajstić information content (AvgIpc) is 2.62. The number of imidazole rings is 1. The standard InChI is InChI=1S/C12H14N4O/c1-7-6-8(2)15-12(10(7)11(13)17)16-5-4-14-9(16)3/h4-6H,1-3H3,(H2,13,17). The summed E-state index contributed by atoms with van der Waals surface area (Å²) in [6.07, 6.45) is 3.43. The summed E-state index contributed by atoms with van der Waals surface area (Å²) in [6.45, 7) is 5.59. The summed E-state index contributed by atoms with van der Waals surface area (Å²) < 4.78 is 1.76. The lowest BCUT2D eigenvalue weighted by Gasteiger charge is -2.12. The minimum Gasteiger partial charge on any atom is -0.365 e. The van der Waals surface area contributed by atoms with Gasteiger partial charge in [-0.25, -0.2) is 9.97 Å². The molecule has 0 aromatic carbocycles. The summed E-state index contributed by atoms with van der Waals surface area (Å²) >= 11 is 0. The number of rotatable bonds is 2. The third kappa shape index (κ3) is 1.91. The summed E-state index contributed by atoms with van der Waals surface area (Å²) in [5.41, 5.74) is 7.52. The lowest BCUT2D eigenvalue weighted by atomic mass is 10.1. The average molecular weight is 230 g/mol. The molecule has 0 radical (unpaired) electrons. The Balaban J connectivity index is 2.76. The zero-order valence-corrected chi connectivity index (χ0v) is 10.1. The molecule has 0 unspecified atom stereocenters. The van der Waals surface area contributed by atoms with Gasteiger partial charge in [0.1, 0.15) is 5.82 Å². The Morgan fingerprint density at radius 2 is 2.06 bits per heavy atom. The van der Waals surface area contributed by atoms with Crippen LogP contribution in [0.1, 0.15) is 27.4 Å². The van der Waals surface area contributed by atoms with Crippen molar-refractivity contribution in [3.05, 3.63) is 41.1 Å². The van der Waals surface area contributed by atoms with Crippen LogP contribution in [0.4, 0.5) is 0 Å². The molecule has 5 nitrogen and oxygen atoms in total. The van der Waals surface area contributed by atoms with E-state index in [0.29, 0.717) is 11.4 Å². The van der Waals surface area contributed by atoms with Crippen LogP contribution in [0.2, 0.25) is 0 Å². The SMILES string of the molecule is Cc1cc(C)c(C(N)=O)c(-n2ccnc2C)n1. The first-order chi connectivity index (χ1) is 8.00. The predicted molar refractivity (Wildman–Crippen MR) is 64.1 cm³/mol. The number of carbonyl (C=O) groups is 1. The molecule has 5 heteroatoms. The summed E-state index contributed by atoms with van der Waals surface area (Å²) in [4.78, 5) is 20.0. The van der Waals surface area contributed by atoms with Crippen LogP contribution in [-0.2, 0) is 0 Å². The summed E-state index contributed by atoms with van der Waals surface area (Å²) in [5.74, 6) is 0.841. The van der Waals surface area contributed by atoms with Gasteiger partial charge in [-0.15, -0.1) is 0 Å². The molecule has 2 N–H and O–H groups in total. The maximum atomic E-state index is 11.5. The van der Waals surface area contributed by atoms with Gasteiger partial charge in [0.25, 0.3) is 5.91 Å². The van der Waals surface area contributed by atoms with Gasteiger partial charge in [-0.05, 0) is 32.4 Å². The highest BCUT2D eigenvalue weighted by Crippen LogP contribution is 2.18. The summed E-state index contributed by atoms with van der Waals surface area (Å²) in [7, 11) is 0. The second kappa shape index (κ2) is 4.01. The van der Waals surface area contributed by atoms with Gasteiger partial charge in [-0.2, -0.15) is 0 Å². The fraction of sp³-hybridized carbons (Fsp3) is 0.250. The van der Waals surface area contributed by atoms with E-state index in [1.54, 1.807) is 17.0 Å². The topological polar surface area (TPSA) is 73.8 Å². The van der Waals surface area contributed by atoms with E-state index in [1.165, 1.54) is 0 Å². The summed E-state index contributed by atoms with van der Waals surface area (Å²) in [5, 5.41) is 0. The maximum absolute atomic E-state index is 11.5. The van der Waals surface area contributed by atoms with E-state index in [4.69, 9.17) is 5.73 Å². The largest absolute Gasteiger partial charge is 0.365 e. The first-order valence-electron chi connectivity index (χ1n) is 5.29. The Bertz CT molecular complexity index is 586. The van der Waals surface area contributed by atoms with E-state index in [1.807, 2.05) is 26.8 Å². The molecule has 0 fully saturated rings. The highest BCUT2D eigenvalue weighted by Gasteiger charge is 2.16. The molecule has 0 bridgehead atoms. The molecule has 0 spiro atoms. The molecule has 2 rings (SSSR count). The van der Waals surface area contributed by atoms with E-state index in [0.717, 1.165) is 17.1 Å². The molecule has 2 aromatic heterocycles. The Morgan fingerprint density at radius 1 is 1.35 bits per heavy atom. The fourth-order valence-corrected chi connectivity index (χ4v) is 1.90. The Labute approximate surface area is 99.3 Å². The number of carbonyl (C=O) groups excluding carboxylic acids is 1. The number of aryl methyl sites for hydroxylation is 3. The molecular formula is C12H14N4O. The van der Waals surface area contributed by atoms with Crippen LogP contribution in [-0.4, -0.2) is 20.4 Å². The number of pyridine rings is 1. The number of hydrogen-bond donors (Lipinski definition) is 1. The molecule has 0 saturated heterocycles. The van der Waals surface area contributed by atoms with Crippen LogP contribution >= 0.6 is 0 Å². The first-order valence-corrected chi connectivity index (χ1v) is 5.29. The first kappa shape index (κ1) is 11.3. The van der Waals surface area contributed by atoms with Gasteiger partial charge >= 0.3 is 0 Å². The fourth-order valence-electron chi connectivity index (χ4n) is 1.90. The van der Waals surface area contributed by atoms with Gasteiger partial charge in [-0.1, -0.05) is 0 Å². The highest BCUT2D eigenvalue weighted by atomic mass is 16.1. The molecule has 0 aliphatic heterocycles. The van der Waals surface area contributed by atoms with Gasteiger partial charge in [0, 0.05) is 18.1 Å². The second-order valence-electron chi connectivity index (χ2n) is 3.99.